The van der Waals surface area contributed by atoms with Crippen LogP contribution in [0.3, 0.4) is 0 Å². The maximum Gasteiger partial charge on any atom is 0.239 e. The van der Waals surface area contributed by atoms with Crippen molar-refractivity contribution in [3.63, 3.8) is 0 Å². The number of rotatable bonds is 26. The summed E-state index contributed by atoms with van der Waals surface area (Å²) in [5.41, 5.74) is -0.251. The van der Waals surface area contributed by atoms with Crippen LogP contribution in [0, 0.1) is 46.3 Å². The molecule has 330 valence electrons. The Morgan fingerprint density at radius 2 is 1.50 bits per heavy atom. The van der Waals surface area contributed by atoms with Gasteiger partial charge in [0.1, 0.15) is 5.03 Å². The van der Waals surface area contributed by atoms with Gasteiger partial charge in [-0.1, -0.05) is 37.6 Å². The molecule has 15 heteroatoms. The summed E-state index contributed by atoms with van der Waals surface area (Å²) >= 11 is 0. The largest absolute Gasteiger partial charge is 0.393 e. The van der Waals surface area contributed by atoms with Crippen LogP contribution < -0.4 is 10.6 Å². The average Bonchev–Trinajstić information content (AvgIpc) is 3.58. The van der Waals surface area contributed by atoms with Crippen molar-refractivity contribution in [3.8, 4) is 0 Å². The van der Waals surface area contributed by atoms with Crippen LogP contribution in [0.4, 0.5) is 0 Å². The number of hydrogen-bond donors (Lipinski definition) is 5. The van der Waals surface area contributed by atoms with Crippen molar-refractivity contribution < 1.29 is 48.6 Å². The number of pyridine rings is 1. The summed E-state index contributed by atoms with van der Waals surface area (Å²) in [7, 11) is 3.36. The van der Waals surface area contributed by atoms with Crippen LogP contribution in [-0.2, 0) is 33.3 Å². The van der Waals surface area contributed by atoms with E-state index in [1.54, 1.807) is 27.8 Å². The van der Waals surface area contributed by atoms with Crippen molar-refractivity contribution >= 4 is 33.4 Å². The Labute approximate surface area is 354 Å². The molecule has 2 amide bonds. The van der Waals surface area contributed by atoms with E-state index in [0.29, 0.717) is 97.8 Å². The van der Waals surface area contributed by atoms with Gasteiger partial charge in [0.15, 0.2) is 0 Å². The van der Waals surface area contributed by atoms with Crippen LogP contribution >= 0.6 is 21.6 Å². The third-order valence-electron chi connectivity index (χ3n) is 13.9. The van der Waals surface area contributed by atoms with Gasteiger partial charge >= 0.3 is 0 Å². The molecular weight excluding hydrogens is 783 g/mol. The van der Waals surface area contributed by atoms with Crippen molar-refractivity contribution in [1.82, 2.24) is 15.6 Å². The fraction of sp³-hybridized carbons (Fsp3) is 0.837. The van der Waals surface area contributed by atoms with Gasteiger partial charge in [0.25, 0.3) is 0 Å². The first-order valence-electron chi connectivity index (χ1n) is 21.7. The normalized spacial score (nSPS) is 32.2. The molecule has 0 aliphatic heterocycles. The van der Waals surface area contributed by atoms with Crippen molar-refractivity contribution in [2.75, 3.05) is 84.9 Å². The van der Waals surface area contributed by atoms with Gasteiger partial charge in [0.05, 0.1) is 90.9 Å². The molecule has 0 saturated heterocycles. The Morgan fingerprint density at radius 1 is 0.828 bits per heavy atom. The summed E-state index contributed by atoms with van der Waals surface area (Å²) in [6.07, 6.45) is 7.62. The molecule has 1 heterocycles. The van der Waals surface area contributed by atoms with E-state index in [2.05, 4.69) is 36.4 Å². The first-order valence-corrected chi connectivity index (χ1v) is 24.0. The van der Waals surface area contributed by atoms with Crippen molar-refractivity contribution in [2.24, 2.45) is 46.3 Å². The average molecular weight is 854 g/mol. The third kappa shape index (κ3) is 13.2. The molecule has 11 atom stereocenters. The zero-order chi connectivity index (χ0) is 41.4. The number of aliphatic hydroxyl groups excluding tert-OH is 3. The molecule has 0 unspecified atom stereocenters. The molecule has 4 saturated carbocycles. The first-order chi connectivity index (χ1) is 28.0. The third-order valence-corrected chi connectivity index (χ3v) is 16.2. The number of carbonyl (C=O) groups excluding carboxylic acids is 2. The second-order valence-corrected chi connectivity index (χ2v) is 19.7. The second kappa shape index (κ2) is 24.2. The summed E-state index contributed by atoms with van der Waals surface area (Å²) < 4.78 is 27.7. The highest BCUT2D eigenvalue weighted by molar-refractivity contribution is 8.76. The Morgan fingerprint density at radius 3 is 2.17 bits per heavy atom. The quantitative estimate of drug-likeness (QED) is 0.0651. The second-order valence-electron chi connectivity index (χ2n) is 17.3. The van der Waals surface area contributed by atoms with E-state index in [9.17, 15) is 24.9 Å². The summed E-state index contributed by atoms with van der Waals surface area (Å²) in [5.74, 6) is 1.94. The highest BCUT2D eigenvalue weighted by atomic mass is 33.1. The molecule has 1 aromatic rings. The predicted molar refractivity (Wildman–Crippen MR) is 225 cm³/mol. The SMILES string of the molecule is C[C@H](CCC(=O)NCC(=O)NCCOCCOCCOCCOCCOCCSSc1ccccn1)[C@H]1CC[C@H]2[C@@H]3[C@H](O)C[C@@H]4C[C@H](O)CC[C@]4(C)[C@H]3C[C@H](O)[C@]12C. The summed E-state index contributed by atoms with van der Waals surface area (Å²) in [4.78, 5) is 29.3. The molecule has 4 aliphatic carbocycles. The van der Waals surface area contributed by atoms with Crippen LogP contribution in [0.15, 0.2) is 29.4 Å². The van der Waals surface area contributed by atoms with Gasteiger partial charge in [0, 0.05) is 24.9 Å². The lowest BCUT2D eigenvalue weighted by molar-refractivity contribution is -0.207. The number of hydrogen-bond acceptors (Lipinski definition) is 13. The highest BCUT2D eigenvalue weighted by Gasteiger charge is 2.65. The van der Waals surface area contributed by atoms with E-state index >= 15 is 0 Å². The lowest BCUT2D eigenvalue weighted by Gasteiger charge is -2.63. The number of fused-ring (bicyclic) bond motifs is 5. The molecular formula is C43H71N3O10S2. The number of ether oxygens (including phenoxy) is 5. The van der Waals surface area contributed by atoms with Gasteiger partial charge in [-0.3, -0.25) is 9.59 Å². The number of carbonyl (C=O) groups is 2. The molecule has 0 spiro atoms. The Hall–Kier alpha value is -1.53. The van der Waals surface area contributed by atoms with E-state index < -0.39 is 12.2 Å². The Kier molecular flexibility index (Phi) is 19.8. The van der Waals surface area contributed by atoms with Crippen molar-refractivity contribution in [1.29, 1.82) is 0 Å². The van der Waals surface area contributed by atoms with Gasteiger partial charge in [0.2, 0.25) is 11.8 Å². The fourth-order valence-corrected chi connectivity index (χ4v) is 12.6. The van der Waals surface area contributed by atoms with Crippen LogP contribution in [0.25, 0.3) is 0 Å². The van der Waals surface area contributed by atoms with E-state index in [-0.39, 0.29) is 64.9 Å². The minimum absolute atomic E-state index is 0.0491. The summed E-state index contributed by atoms with van der Waals surface area (Å²) in [5, 5.41) is 40.3. The predicted octanol–water partition coefficient (Wildman–Crippen LogP) is 4.52. The van der Waals surface area contributed by atoms with Gasteiger partial charge in [-0.05, 0) is 121 Å². The molecule has 4 aliphatic rings. The number of aromatic nitrogens is 1. The van der Waals surface area contributed by atoms with E-state index in [1.165, 1.54) is 0 Å². The summed E-state index contributed by atoms with van der Waals surface area (Å²) in [6.45, 7) is 11.9. The lowest BCUT2D eigenvalue weighted by atomic mass is 9.43. The van der Waals surface area contributed by atoms with Crippen LogP contribution in [0.2, 0.25) is 0 Å². The zero-order valence-corrected chi connectivity index (χ0v) is 36.7. The molecule has 13 nitrogen and oxygen atoms in total. The van der Waals surface area contributed by atoms with Crippen molar-refractivity contribution in [2.45, 2.75) is 102 Å². The standard InChI is InChI=1S/C43H71N3O10S2/c1-30(33-8-9-34-41-35(28-37(49)43(33,34)3)42(2)12-11-32(47)26-31(42)27-36(41)48)7-10-38(50)46-29-39(51)44-14-15-52-16-17-53-18-19-54-20-21-55-22-23-56-24-25-57-58-40-6-4-5-13-45-40/h4-6,13,30-37,41,47-49H,7-12,14-29H2,1-3H3,(H,44,51)(H,46,50)/t30-,31+,32-,33-,34+,35+,36-,37+,41+,42+,43-/m1/s1. The fourth-order valence-electron chi connectivity index (χ4n) is 10.9. The zero-order valence-electron chi connectivity index (χ0n) is 35.0. The topological polar surface area (TPSA) is 178 Å². The van der Waals surface area contributed by atoms with Gasteiger partial charge in [-0.25, -0.2) is 4.98 Å². The monoisotopic (exact) mass is 853 g/mol. The molecule has 5 N–H and O–H groups in total. The number of amides is 2. The number of nitrogens with zero attached hydrogens (tertiary/aromatic N) is 1. The van der Waals surface area contributed by atoms with Crippen molar-refractivity contribution in [3.05, 3.63) is 24.4 Å². The summed E-state index contributed by atoms with van der Waals surface area (Å²) in [6, 6.07) is 5.87. The first kappa shape index (κ1) is 47.5. The molecule has 58 heavy (non-hydrogen) atoms. The smallest absolute Gasteiger partial charge is 0.239 e. The maximum atomic E-state index is 12.7. The van der Waals surface area contributed by atoms with Gasteiger partial charge < -0.3 is 49.6 Å². The highest BCUT2D eigenvalue weighted by Crippen LogP contribution is 2.68. The van der Waals surface area contributed by atoms with Gasteiger partial charge in [-0.2, -0.15) is 0 Å². The van der Waals surface area contributed by atoms with Crippen LogP contribution in [0.1, 0.15) is 78.6 Å². The molecule has 0 aromatic carbocycles. The molecule has 5 rings (SSSR count). The molecule has 4 fully saturated rings. The van der Waals surface area contributed by atoms with Crippen LogP contribution in [-0.4, -0.2) is 135 Å². The van der Waals surface area contributed by atoms with Gasteiger partial charge in [-0.15, -0.1) is 0 Å². The minimum Gasteiger partial charge on any atom is -0.393 e. The molecule has 1 aromatic heterocycles. The minimum atomic E-state index is -0.450. The van der Waals surface area contributed by atoms with E-state index in [0.717, 1.165) is 49.3 Å². The van der Waals surface area contributed by atoms with Crippen LogP contribution in [0.5, 0.6) is 0 Å². The number of aliphatic hydroxyl groups is 3. The van der Waals surface area contributed by atoms with E-state index in [4.69, 9.17) is 23.7 Å². The maximum absolute atomic E-state index is 12.7. The Bertz CT molecular complexity index is 1370. The molecule has 0 bridgehead atoms. The van der Waals surface area contributed by atoms with E-state index in [1.807, 2.05) is 18.2 Å². The molecule has 0 radical (unpaired) electrons. The lowest BCUT2D eigenvalue weighted by Crippen LogP contribution is -2.62. The Balaban J connectivity index is 0.823. The number of nitrogens with one attached hydrogen (secondary N) is 2.